The summed E-state index contributed by atoms with van der Waals surface area (Å²) < 4.78 is 18.4. The fourth-order valence-electron chi connectivity index (χ4n) is 2.05. The smallest absolute Gasteiger partial charge is 0.253 e. The van der Waals surface area contributed by atoms with Gasteiger partial charge in [0.15, 0.2) is 0 Å². The quantitative estimate of drug-likeness (QED) is 0.918. The first-order chi connectivity index (χ1) is 8.58. The molecule has 1 aromatic rings. The summed E-state index contributed by atoms with van der Waals surface area (Å²) >= 11 is 5.84. The van der Waals surface area contributed by atoms with E-state index in [0.29, 0.717) is 0 Å². The van der Waals surface area contributed by atoms with Crippen LogP contribution in [0.15, 0.2) is 18.2 Å². The Balaban J connectivity index is 2.02. The maximum atomic E-state index is 12.9. The van der Waals surface area contributed by atoms with Gasteiger partial charge in [-0.05, 0) is 38.0 Å². The molecule has 0 radical (unpaired) electrons. The molecule has 1 aliphatic heterocycles. The SMILES string of the molecule is C[C@H](NC(=O)c1ccc(F)cc1Cl)[C@H]1CCCO1. The first-order valence-electron chi connectivity index (χ1n) is 5.95. The van der Waals surface area contributed by atoms with Gasteiger partial charge in [-0.2, -0.15) is 0 Å². The highest BCUT2D eigenvalue weighted by molar-refractivity contribution is 6.33. The maximum absolute atomic E-state index is 12.9. The lowest BCUT2D eigenvalue weighted by Gasteiger charge is -2.20. The Kier molecular flexibility index (Phi) is 4.19. The molecule has 1 aromatic carbocycles. The fourth-order valence-corrected chi connectivity index (χ4v) is 2.30. The van der Waals surface area contributed by atoms with Crippen LogP contribution in [0.3, 0.4) is 0 Å². The van der Waals surface area contributed by atoms with Crippen molar-refractivity contribution in [1.29, 1.82) is 0 Å². The molecule has 98 valence electrons. The van der Waals surface area contributed by atoms with Crippen LogP contribution < -0.4 is 5.32 Å². The minimum Gasteiger partial charge on any atom is -0.376 e. The lowest BCUT2D eigenvalue weighted by atomic mass is 10.1. The van der Waals surface area contributed by atoms with E-state index >= 15 is 0 Å². The second-order valence-corrected chi connectivity index (χ2v) is 4.84. The minimum absolute atomic E-state index is 0.0492. The molecule has 1 saturated heterocycles. The molecule has 0 saturated carbocycles. The zero-order valence-electron chi connectivity index (χ0n) is 10.1. The highest BCUT2D eigenvalue weighted by Gasteiger charge is 2.24. The Morgan fingerprint density at radius 1 is 1.61 bits per heavy atom. The van der Waals surface area contributed by atoms with Crippen LogP contribution >= 0.6 is 11.6 Å². The predicted octanol–water partition coefficient (Wildman–Crippen LogP) is 2.78. The lowest BCUT2D eigenvalue weighted by molar-refractivity contribution is 0.0712. The summed E-state index contributed by atoms with van der Waals surface area (Å²) in [6.07, 6.45) is 2.01. The second-order valence-electron chi connectivity index (χ2n) is 4.44. The van der Waals surface area contributed by atoms with E-state index in [2.05, 4.69) is 5.32 Å². The molecule has 3 nitrogen and oxygen atoms in total. The van der Waals surface area contributed by atoms with Crippen LogP contribution in [-0.2, 0) is 4.74 Å². The van der Waals surface area contributed by atoms with Crippen molar-refractivity contribution < 1.29 is 13.9 Å². The Hall–Kier alpha value is -1.13. The second kappa shape index (κ2) is 5.67. The molecule has 1 amide bonds. The molecule has 0 aliphatic carbocycles. The average molecular weight is 272 g/mol. The van der Waals surface area contributed by atoms with Crippen molar-refractivity contribution >= 4 is 17.5 Å². The lowest BCUT2D eigenvalue weighted by Crippen LogP contribution is -2.40. The molecular formula is C13H15ClFNO2. The maximum Gasteiger partial charge on any atom is 0.253 e. The topological polar surface area (TPSA) is 38.3 Å². The summed E-state index contributed by atoms with van der Waals surface area (Å²) in [7, 11) is 0. The van der Waals surface area contributed by atoms with Crippen LogP contribution in [-0.4, -0.2) is 24.7 Å². The van der Waals surface area contributed by atoms with Gasteiger partial charge in [-0.3, -0.25) is 4.79 Å². The molecular weight excluding hydrogens is 257 g/mol. The molecule has 0 aromatic heterocycles. The zero-order chi connectivity index (χ0) is 13.1. The summed E-state index contributed by atoms with van der Waals surface area (Å²) in [6, 6.07) is 3.65. The highest BCUT2D eigenvalue weighted by Crippen LogP contribution is 2.19. The summed E-state index contributed by atoms with van der Waals surface area (Å²) in [4.78, 5) is 12.0. The molecule has 5 heteroatoms. The average Bonchev–Trinajstić information content (AvgIpc) is 2.81. The van der Waals surface area contributed by atoms with Crippen molar-refractivity contribution in [3.05, 3.63) is 34.6 Å². The number of carbonyl (C=O) groups excluding carboxylic acids is 1. The van der Waals surface area contributed by atoms with Gasteiger partial charge in [0.2, 0.25) is 0 Å². The number of carbonyl (C=O) groups is 1. The van der Waals surface area contributed by atoms with Gasteiger partial charge in [-0.1, -0.05) is 11.6 Å². The largest absolute Gasteiger partial charge is 0.376 e. The van der Waals surface area contributed by atoms with Gasteiger partial charge in [0.05, 0.1) is 22.7 Å². The number of ether oxygens (including phenoxy) is 1. The Labute approximate surface area is 110 Å². The highest BCUT2D eigenvalue weighted by atomic mass is 35.5. The van der Waals surface area contributed by atoms with Crippen LogP contribution in [0.25, 0.3) is 0 Å². The fraction of sp³-hybridized carbons (Fsp3) is 0.462. The van der Waals surface area contributed by atoms with E-state index in [1.165, 1.54) is 12.1 Å². The Morgan fingerprint density at radius 2 is 2.39 bits per heavy atom. The third-order valence-corrected chi connectivity index (χ3v) is 3.37. The number of halogens is 2. The van der Waals surface area contributed by atoms with E-state index in [0.717, 1.165) is 25.5 Å². The van der Waals surface area contributed by atoms with Gasteiger partial charge < -0.3 is 10.1 Å². The van der Waals surface area contributed by atoms with Gasteiger partial charge >= 0.3 is 0 Å². The van der Waals surface area contributed by atoms with Crippen LogP contribution in [0.1, 0.15) is 30.1 Å². The zero-order valence-corrected chi connectivity index (χ0v) is 10.8. The monoisotopic (exact) mass is 271 g/mol. The molecule has 2 atom stereocenters. The van der Waals surface area contributed by atoms with E-state index in [9.17, 15) is 9.18 Å². The Morgan fingerprint density at radius 3 is 3.00 bits per heavy atom. The van der Waals surface area contributed by atoms with Crippen molar-refractivity contribution in [2.75, 3.05) is 6.61 Å². The van der Waals surface area contributed by atoms with Crippen LogP contribution in [0, 0.1) is 5.82 Å². The number of benzene rings is 1. The number of rotatable bonds is 3. The number of amides is 1. The van der Waals surface area contributed by atoms with E-state index < -0.39 is 5.82 Å². The summed E-state index contributed by atoms with van der Waals surface area (Å²) in [5.74, 6) is -0.758. The molecule has 0 spiro atoms. The van der Waals surface area contributed by atoms with Crippen molar-refractivity contribution in [2.45, 2.75) is 31.9 Å². The molecule has 1 aliphatic rings. The first kappa shape index (κ1) is 13.3. The minimum atomic E-state index is -0.455. The van der Waals surface area contributed by atoms with E-state index in [-0.39, 0.29) is 28.6 Å². The van der Waals surface area contributed by atoms with Gasteiger partial charge in [0.1, 0.15) is 5.82 Å². The molecule has 2 rings (SSSR count). The van der Waals surface area contributed by atoms with Crippen LogP contribution in [0.5, 0.6) is 0 Å². The van der Waals surface area contributed by atoms with Gasteiger partial charge in [0.25, 0.3) is 5.91 Å². The summed E-state index contributed by atoms with van der Waals surface area (Å²) in [5.41, 5.74) is 0.280. The van der Waals surface area contributed by atoms with Crippen molar-refractivity contribution in [1.82, 2.24) is 5.32 Å². The van der Waals surface area contributed by atoms with Crippen molar-refractivity contribution in [3.63, 3.8) is 0 Å². The number of hydrogen-bond donors (Lipinski definition) is 1. The van der Waals surface area contributed by atoms with Crippen molar-refractivity contribution in [2.24, 2.45) is 0 Å². The predicted molar refractivity (Wildman–Crippen MR) is 67.3 cm³/mol. The van der Waals surface area contributed by atoms with E-state index in [1.54, 1.807) is 0 Å². The molecule has 0 bridgehead atoms. The van der Waals surface area contributed by atoms with Crippen LogP contribution in [0.4, 0.5) is 4.39 Å². The number of hydrogen-bond acceptors (Lipinski definition) is 2. The summed E-state index contributed by atoms with van der Waals surface area (Å²) in [6.45, 7) is 2.63. The third-order valence-electron chi connectivity index (χ3n) is 3.06. The van der Waals surface area contributed by atoms with E-state index in [1.807, 2.05) is 6.92 Å². The molecule has 1 heterocycles. The third kappa shape index (κ3) is 3.00. The van der Waals surface area contributed by atoms with Gasteiger partial charge in [-0.15, -0.1) is 0 Å². The Bertz CT molecular complexity index is 447. The number of nitrogens with one attached hydrogen (secondary N) is 1. The normalized spacial score (nSPS) is 20.7. The van der Waals surface area contributed by atoms with Gasteiger partial charge in [0, 0.05) is 6.61 Å². The van der Waals surface area contributed by atoms with Gasteiger partial charge in [-0.25, -0.2) is 4.39 Å². The first-order valence-corrected chi connectivity index (χ1v) is 6.33. The van der Waals surface area contributed by atoms with Crippen molar-refractivity contribution in [3.8, 4) is 0 Å². The van der Waals surface area contributed by atoms with Crippen LogP contribution in [0.2, 0.25) is 5.02 Å². The van der Waals surface area contributed by atoms with E-state index in [4.69, 9.17) is 16.3 Å². The molecule has 0 unspecified atom stereocenters. The molecule has 1 fully saturated rings. The molecule has 1 N–H and O–H groups in total. The standard InChI is InChI=1S/C13H15ClFNO2/c1-8(12-3-2-6-18-12)16-13(17)10-5-4-9(15)7-11(10)14/h4-5,7-8,12H,2-3,6H2,1H3,(H,16,17)/t8-,12+/m0/s1. The molecule has 18 heavy (non-hydrogen) atoms. The summed E-state index contributed by atoms with van der Waals surface area (Å²) in [5, 5.41) is 2.95.